The zero-order valence-corrected chi connectivity index (χ0v) is 15.6. The number of fused-ring (bicyclic) bond motifs is 1. The minimum absolute atomic E-state index is 0.195. The van der Waals surface area contributed by atoms with Gasteiger partial charge < -0.3 is 4.74 Å². The Morgan fingerprint density at radius 1 is 1.20 bits per heavy atom. The number of hydrogen-bond acceptors (Lipinski definition) is 2. The standard InChI is InChI=1S/C22H29FO2/c1-12-6-16-8-13(2)22(20(16)7-12)25-11-17-9-21(23)18(14(3)24)10-19(17)15-4-5-15/h9-10,12-13,15-16,20,22H,4-8,11H2,1-3H3. The van der Waals surface area contributed by atoms with Gasteiger partial charge >= 0.3 is 0 Å². The number of halogens is 1. The smallest absolute Gasteiger partial charge is 0.162 e. The third-order valence-corrected chi connectivity index (χ3v) is 6.70. The van der Waals surface area contributed by atoms with Crippen LogP contribution in [0.25, 0.3) is 0 Å². The molecule has 0 aromatic heterocycles. The van der Waals surface area contributed by atoms with Crippen molar-refractivity contribution in [2.75, 3.05) is 0 Å². The monoisotopic (exact) mass is 344 g/mol. The Hall–Kier alpha value is -1.22. The van der Waals surface area contributed by atoms with Crippen molar-refractivity contribution < 1.29 is 13.9 Å². The van der Waals surface area contributed by atoms with Gasteiger partial charge in [-0.1, -0.05) is 13.8 Å². The lowest BCUT2D eigenvalue weighted by atomic mass is 9.96. The maximum absolute atomic E-state index is 14.3. The summed E-state index contributed by atoms with van der Waals surface area (Å²) < 4.78 is 20.7. The first-order valence-corrected chi connectivity index (χ1v) is 9.89. The molecule has 0 saturated heterocycles. The lowest BCUT2D eigenvalue weighted by molar-refractivity contribution is -0.0107. The van der Waals surface area contributed by atoms with Crippen molar-refractivity contribution in [1.29, 1.82) is 0 Å². The fraction of sp³-hybridized carbons (Fsp3) is 0.682. The molecule has 3 aliphatic carbocycles. The molecule has 136 valence electrons. The number of Topliss-reactive ketones (excluding diaryl/α,β-unsaturated/α-hetero) is 1. The molecule has 1 aromatic rings. The van der Waals surface area contributed by atoms with Crippen LogP contribution in [0.5, 0.6) is 0 Å². The van der Waals surface area contributed by atoms with Crippen molar-refractivity contribution in [3.05, 3.63) is 34.6 Å². The van der Waals surface area contributed by atoms with Crippen molar-refractivity contribution in [2.45, 2.75) is 71.5 Å². The molecular formula is C22H29FO2. The fourth-order valence-corrected chi connectivity index (χ4v) is 5.43. The molecule has 0 spiro atoms. The first-order valence-electron chi connectivity index (χ1n) is 9.89. The molecule has 0 N–H and O–H groups in total. The van der Waals surface area contributed by atoms with Gasteiger partial charge in [0.2, 0.25) is 0 Å². The summed E-state index contributed by atoms with van der Waals surface area (Å²) in [5, 5.41) is 0. The van der Waals surface area contributed by atoms with E-state index < -0.39 is 5.82 Å². The molecule has 3 saturated carbocycles. The molecule has 0 radical (unpaired) electrons. The summed E-state index contributed by atoms with van der Waals surface area (Å²) in [4.78, 5) is 11.7. The van der Waals surface area contributed by atoms with Gasteiger partial charge in [-0.2, -0.15) is 0 Å². The molecule has 2 nitrogen and oxygen atoms in total. The average molecular weight is 344 g/mol. The predicted octanol–water partition coefficient (Wildman–Crippen LogP) is 5.49. The van der Waals surface area contributed by atoms with E-state index in [1.807, 2.05) is 0 Å². The van der Waals surface area contributed by atoms with Gasteiger partial charge in [0.1, 0.15) is 5.82 Å². The summed E-state index contributed by atoms with van der Waals surface area (Å²) in [5.74, 6) is 2.78. The normalized spacial score (nSPS) is 34.3. The predicted molar refractivity (Wildman–Crippen MR) is 96.1 cm³/mol. The molecular weight excluding hydrogens is 315 g/mol. The van der Waals surface area contributed by atoms with Crippen LogP contribution in [0, 0.1) is 29.5 Å². The fourth-order valence-electron chi connectivity index (χ4n) is 5.43. The van der Waals surface area contributed by atoms with Gasteiger partial charge in [-0.25, -0.2) is 4.39 Å². The van der Waals surface area contributed by atoms with E-state index in [9.17, 15) is 9.18 Å². The number of carbonyl (C=O) groups is 1. The summed E-state index contributed by atoms with van der Waals surface area (Å²) in [7, 11) is 0. The molecule has 0 bridgehead atoms. The van der Waals surface area contributed by atoms with Crippen LogP contribution in [0.2, 0.25) is 0 Å². The molecule has 1 aromatic carbocycles. The van der Waals surface area contributed by atoms with Crippen LogP contribution in [0.1, 0.15) is 80.3 Å². The summed E-state index contributed by atoms with van der Waals surface area (Å²) in [6.45, 7) is 6.57. The Morgan fingerprint density at radius 3 is 2.64 bits per heavy atom. The van der Waals surface area contributed by atoms with E-state index in [1.54, 1.807) is 12.1 Å². The summed E-state index contributed by atoms with van der Waals surface area (Å²) in [5.41, 5.74) is 2.31. The van der Waals surface area contributed by atoms with Crippen molar-refractivity contribution in [3.63, 3.8) is 0 Å². The second-order valence-corrected chi connectivity index (χ2v) is 8.85. The Bertz CT molecular complexity index is 679. The van der Waals surface area contributed by atoms with Crippen LogP contribution in [-0.2, 0) is 11.3 Å². The van der Waals surface area contributed by atoms with Gasteiger partial charge in [0, 0.05) is 0 Å². The first-order chi connectivity index (χ1) is 11.9. The van der Waals surface area contributed by atoms with Gasteiger partial charge in [0.15, 0.2) is 5.78 Å². The van der Waals surface area contributed by atoms with Crippen LogP contribution < -0.4 is 0 Å². The summed E-state index contributed by atoms with van der Waals surface area (Å²) >= 11 is 0. The molecule has 3 fully saturated rings. The maximum Gasteiger partial charge on any atom is 0.162 e. The van der Waals surface area contributed by atoms with Gasteiger partial charge in [-0.3, -0.25) is 4.79 Å². The largest absolute Gasteiger partial charge is 0.373 e. The number of ketones is 1. The third kappa shape index (κ3) is 3.28. The minimum Gasteiger partial charge on any atom is -0.373 e. The maximum atomic E-state index is 14.3. The molecule has 3 heteroatoms. The third-order valence-electron chi connectivity index (χ3n) is 6.70. The van der Waals surface area contributed by atoms with Crippen LogP contribution in [-0.4, -0.2) is 11.9 Å². The highest BCUT2D eigenvalue weighted by Crippen LogP contribution is 2.50. The molecule has 25 heavy (non-hydrogen) atoms. The van der Waals surface area contributed by atoms with Crippen molar-refractivity contribution in [3.8, 4) is 0 Å². The highest BCUT2D eigenvalue weighted by atomic mass is 19.1. The van der Waals surface area contributed by atoms with Crippen LogP contribution in [0.3, 0.4) is 0 Å². The zero-order chi connectivity index (χ0) is 17.7. The van der Waals surface area contributed by atoms with E-state index in [2.05, 4.69) is 13.8 Å². The average Bonchev–Trinajstić information content (AvgIpc) is 3.26. The number of rotatable bonds is 5. The number of carbonyl (C=O) groups excluding carboxylic acids is 1. The van der Waals surface area contributed by atoms with E-state index >= 15 is 0 Å². The second-order valence-electron chi connectivity index (χ2n) is 8.85. The van der Waals surface area contributed by atoms with Crippen molar-refractivity contribution >= 4 is 5.78 Å². The van der Waals surface area contributed by atoms with Crippen molar-refractivity contribution in [1.82, 2.24) is 0 Å². The molecule has 0 amide bonds. The van der Waals surface area contributed by atoms with E-state index in [-0.39, 0.29) is 11.3 Å². The quantitative estimate of drug-likeness (QED) is 0.660. The van der Waals surface area contributed by atoms with Gasteiger partial charge in [0.05, 0.1) is 18.3 Å². The van der Waals surface area contributed by atoms with E-state index in [4.69, 9.17) is 4.74 Å². The number of ether oxygens (including phenoxy) is 1. The Balaban J connectivity index is 1.53. The van der Waals surface area contributed by atoms with Crippen molar-refractivity contribution in [2.24, 2.45) is 23.7 Å². The van der Waals surface area contributed by atoms with E-state index in [0.29, 0.717) is 30.5 Å². The Morgan fingerprint density at radius 2 is 1.96 bits per heavy atom. The van der Waals surface area contributed by atoms with E-state index in [1.165, 1.54) is 26.2 Å². The number of hydrogen-bond donors (Lipinski definition) is 0. The molecule has 0 aliphatic heterocycles. The minimum atomic E-state index is -0.401. The Kier molecular flexibility index (Phi) is 4.47. The molecule has 5 unspecified atom stereocenters. The van der Waals surface area contributed by atoms with Crippen LogP contribution >= 0.6 is 0 Å². The first kappa shape index (κ1) is 17.2. The summed E-state index contributed by atoms with van der Waals surface area (Å²) in [6, 6.07) is 3.34. The van der Waals surface area contributed by atoms with Gasteiger partial charge in [-0.15, -0.1) is 0 Å². The topological polar surface area (TPSA) is 26.3 Å². The molecule has 0 heterocycles. The van der Waals surface area contributed by atoms with Gasteiger partial charge in [0.25, 0.3) is 0 Å². The summed E-state index contributed by atoms with van der Waals surface area (Å²) in [6.07, 6.45) is 6.46. The molecule has 3 aliphatic rings. The van der Waals surface area contributed by atoms with Crippen LogP contribution in [0.4, 0.5) is 4.39 Å². The lowest BCUT2D eigenvalue weighted by Gasteiger charge is -2.24. The number of benzene rings is 1. The highest BCUT2D eigenvalue weighted by Gasteiger charge is 2.46. The second kappa shape index (κ2) is 6.50. The molecule has 5 atom stereocenters. The Labute approximate surface area is 150 Å². The zero-order valence-electron chi connectivity index (χ0n) is 15.6. The SMILES string of the molecule is CC(=O)c1cc(C2CC2)c(COC2C(C)CC3CC(C)CC32)cc1F. The van der Waals surface area contributed by atoms with Crippen LogP contribution in [0.15, 0.2) is 12.1 Å². The van der Waals surface area contributed by atoms with Gasteiger partial charge in [-0.05, 0) is 91.9 Å². The lowest BCUT2D eigenvalue weighted by Crippen LogP contribution is -2.24. The highest BCUT2D eigenvalue weighted by molar-refractivity contribution is 5.94. The molecule has 4 rings (SSSR count). The van der Waals surface area contributed by atoms with E-state index in [0.717, 1.165) is 35.8 Å².